The van der Waals surface area contributed by atoms with Gasteiger partial charge >= 0.3 is 0 Å². The predicted octanol–water partition coefficient (Wildman–Crippen LogP) is 16.2. The second-order valence-corrected chi connectivity index (χ2v) is 16.4. The second-order valence-electron chi connectivity index (χ2n) is 16.4. The van der Waals surface area contributed by atoms with Crippen molar-refractivity contribution in [3.05, 3.63) is 247 Å². The summed E-state index contributed by atoms with van der Waals surface area (Å²) >= 11 is 0. The Morgan fingerprint density at radius 3 is 1.39 bits per heavy atom. The zero-order chi connectivity index (χ0) is 41.2. The molecule has 0 N–H and O–H groups in total. The van der Waals surface area contributed by atoms with E-state index < -0.39 is 0 Å². The van der Waals surface area contributed by atoms with Crippen LogP contribution in [-0.4, -0.2) is 4.57 Å². The van der Waals surface area contributed by atoms with E-state index in [0.29, 0.717) is 0 Å². The SMILES string of the molecule is C1=Cc2c(n(-c3ccc(-c4ccc(-c5ccccc5)cc4)cc3)c3ccc(C4=CC=C(N(c5ccccc5)c5ccc(-c6ccc(-c7ccccc7)cc6)cc5)CC4)cc23)CC1. The summed E-state index contributed by atoms with van der Waals surface area (Å²) in [6.45, 7) is 0. The highest BCUT2D eigenvalue weighted by atomic mass is 15.1. The Labute approximate surface area is 364 Å². The van der Waals surface area contributed by atoms with Crippen molar-refractivity contribution in [2.45, 2.75) is 25.7 Å². The number of nitrogens with zero attached hydrogens (tertiary/aromatic N) is 2. The van der Waals surface area contributed by atoms with E-state index in [1.54, 1.807) is 0 Å². The summed E-state index contributed by atoms with van der Waals surface area (Å²) in [5, 5.41) is 1.32. The summed E-state index contributed by atoms with van der Waals surface area (Å²) in [5.41, 5.74) is 21.4. The van der Waals surface area contributed by atoms with E-state index in [2.05, 4.69) is 240 Å². The van der Waals surface area contributed by atoms with E-state index in [1.807, 2.05) is 0 Å². The molecular weight excluding hydrogens is 749 g/mol. The maximum absolute atomic E-state index is 2.50. The molecule has 1 aromatic heterocycles. The molecule has 2 heteroatoms. The fourth-order valence-electron chi connectivity index (χ4n) is 9.40. The maximum Gasteiger partial charge on any atom is 0.0538 e. The van der Waals surface area contributed by atoms with Gasteiger partial charge in [0.25, 0.3) is 0 Å². The van der Waals surface area contributed by atoms with Crippen LogP contribution in [0, 0.1) is 0 Å². The Morgan fingerprint density at radius 2 is 0.855 bits per heavy atom. The molecule has 2 nitrogen and oxygen atoms in total. The van der Waals surface area contributed by atoms with Crippen molar-refractivity contribution in [1.82, 2.24) is 4.57 Å². The Morgan fingerprint density at radius 1 is 0.387 bits per heavy atom. The lowest BCUT2D eigenvalue weighted by molar-refractivity contribution is 0.888. The lowest BCUT2D eigenvalue weighted by Crippen LogP contribution is -2.17. The van der Waals surface area contributed by atoms with Gasteiger partial charge in [0, 0.05) is 39.4 Å². The molecule has 0 amide bonds. The molecule has 0 unspecified atom stereocenters. The van der Waals surface area contributed by atoms with Gasteiger partial charge in [-0.3, -0.25) is 0 Å². The van der Waals surface area contributed by atoms with E-state index in [-0.39, 0.29) is 0 Å². The summed E-state index contributed by atoms with van der Waals surface area (Å²) in [6, 6.07) is 75.0. The number of para-hydroxylation sites is 1. The van der Waals surface area contributed by atoms with Gasteiger partial charge in [-0.05, 0) is 136 Å². The van der Waals surface area contributed by atoms with Crippen LogP contribution in [0.1, 0.15) is 36.1 Å². The number of hydrogen-bond donors (Lipinski definition) is 0. The quantitative estimate of drug-likeness (QED) is 0.141. The highest BCUT2D eigenvalue weighted by Crippen LogP contribution is 2.40. The van der Waals surface area contributed by atoms with Gasteiger partial charge in [0.2, 0.25) is 0 Å². The number of rotatable bonds is 9. The van der Waals surface area contributed by atoms with E-state index in [9.17, 15) is 0 Å². The molecule has 2 aliphatic rings. The summed E-state index contributed by atoms with van der Waals surface area (Å²) in [5.74, 6) is 0. The molecule has 0 aliphatic heterocycles. The van der Waals surface area contributed by atoms with E-state index >= 15 is 0 Å². The monoisotopic (exact) mass is 794 g/mol. The molecule has 0 bridgehead atoms. The van der Waals surface area contributed by atoms with Gasteiger partial charge in [0.05, 0.1) is 5.52 Å². The molecule has 62 heavy (non-hydrogen) atoms. The van der Waals surface area contributed by atoms with Crippen LogP contribution in [0.3, 0.4) is 0 Å². The Hall–Kier alpha value is -7.68. The zero-order valence-corrected chi connectivity index (χ0v) is 34.7. The number of hydrogen-bond acceptors (Lipinski definition) is 1. The molecule has 0 fully saturated rings. The summed E-state index contributed by atoms with van der Waals surface area (Å²) in [7, 11) is 0. The lowest BCUT2D eigenvalue weighted by Gasteiger charge is -2.30. The average molecular weight is 795 g/mol. The first-order valence-electron chi connectivity index (χ1n) is 21.8. The highest BCUT2D eigenvalue weighted by Gasteiger charge is 2.22. The second kappa shape index (κ2) is 16.4. The van der Waals surface area contributed by atoms with E-state index in [0.717, 1.165) is 25.7 Å². The lowest BCUT2D eigenvalue weighted by atomic mass is 9.93. The normalized spacial score (nSPS) is 13.4. The first-order valence-corrected chi connectivity index (χ1v) is 21.8. The van der Waals surface area contributed by atoms with Crippen molar-refractivity contribution in [2.75, 3.05) is 4.90 Å². The van der Waals surface area contributed by atoms with Crippen molar-refractivity contribution < 1.29 is 0 Å². The van der Waals surface area contributed by atoms with Crippen LogP contribution in [0.5, 0.6) is 0 Å². The Kier molecular flexibility index (Phi) is 9.88. The fraction of sp³-hybridized carbons (Fsp3) is 0.0667. The van der Waals surface area contributed by atoms with Crippen molar-refractivity contribution in [3.8, 4) is 50.2 Å². The van der Waals surface area contributed by atoms with Crippen LogP contribution in [0.15, 0.2) is 230 Å². The molecule has 8 aromatic carbocycles. The molecule has 296 valence electrons. The molecular formula is C60H46N2. The summed E-state index contributed by atoms with van der Waals surface area (Å²) < 4.78 is 2.50. The van der Waals surface area contributed by atoms with Gasteiger partial charge in [0.1, 0.15) is 0 Å². The van der Waals surface area contributed by atoms with E-state index in [1.165, 1.54) is 101 Å². The van der Waals surface area contributed by atoms with Gasteiger partial charge in [-0.2, -0.15) is 0 Å². The van der Waals surface area contributed by atoms with Crippen LogP contribution in [-0.2, 0) is 6.42 Å². The first-order chi connectivity index (χ1) is 30.7. The highest BCUT2D eigenvalue weighted by molar-refractivity contribution is 5.96. The van der Waals surface area contributed by atoms with Gasteiger partial charge < -0.3 is 9.47 Å². The molecule has 1 heterocycles. The molecule has 0 atom stereocenters. The minimum Gasteiger partial charge on any atom is -0.314 e. The fourth-order valence-corrected chi connectivity index (χ4v) is 9.40. The third-order valence-corrected chi connectivity index (χ3v) is 12.6. The third kappa shape index (κ3) is 7.20. The van der Waals surface area contributed by atoms with Crippen LogP contribution in [0.25, 0.3) is 72.7 Å². The van der Waals surface area contributed by atoms with Gasteiger partial charge in [-0.15, -0.1) is 0 Å². The molecule has 9 aromatic rings. The average Bonchev–Trinajstić information content (AvgIpc) is 3.69. The topological polar surface area (TPSA) is 8.17 Å². The molecule has 11 rings (SSSR count). The minimum absolute atomic E-state index is 0.946. The first kappa shape index (κ1) is 37.3. The largest absolute Gasteiger partial charge is 0.314 e. The Balaban J connectivity index is 0.870. The number of aromatic nitrogens is 1. The van der Waals surface area contributed by atoms with Crippen LogP contribution in [0.4, 0.5) is 11.4 Å². The van der Waals surface area contributed by atoms with Gasteiger partial charge in [-0.25, -0.2) is 0 Å². The number of anilines is 2. The van der Waals surface area contributed by atoms with Gasteiger partial charge in [0.15, 0.2) is 0 Å². The van der Waals surface area contributed by atoms with E-state index in [4.69, 9.17) is 0 Å². The molecule has 0 radical (unpaired) electrons. The molecule has 0 saturated carbocycles. The maximum atomic E-state index is 2.50. The number of fused-ring (bicyclic) bond motifs is 3. The van der Waals surface area contributed by atoms with Crippen LogP contribution in [0.2, 0.25) is 0 Å². The third-order valence-electron chi connectivity index (χ3n) is 12.6. The van der Waals surface area contributed by atoms with Crippen molar-refractivity contribution >= 4 is 33.9 Å². The summed E-state index contributed by atoms with van der Waals surface area (Å²) in [4.78, 5) is 2.42. The molecule has 0 spiro atoms. The van der Waals surface area contributed by atoms with Crippen molar-refractivity contribution in [3.63, 3.8) is 0 Å². The van der Waals surface area contributed by atoms with Crippen molar-refractivity contribution in [2.24, 2.45) is 0 Å². The van der Waals surface area contributed by atoms with Crippen molar-refractivity contribution in [1.29, 1.82) is 0 Å². The number of benzene rings is 8. The smallest absolute Gasteiger partial charge is 0.0538 e. The summed E-state index contributed by atoms with van der Waals surface area (Å²) in [6.07, 6.45) is 13.4. The zero-order valence-electron chi connectivity index (χ0n) is 34.7. The Bertz CT molecular complexity index is 3100. The molecule has 2 aliphatic carbocycles. The predicted molar refractivity (Wildman–Crippen MR) is 263 cm³/mol. The number of allylic oxidation sites excluding steroid dienone is 5. The molecule has 0 saturated heterocycles. The minimum atomic E-state index is 0.946. The van der Waals surface area contributed by atoms with Crippen LogP contribution < -0.4 is 4.90 Å². The van der Waals surface area contributed by atoms with Crippen LogP contribution >= 0.6 is 0 Å². The van der Waals surface area contributed by atoms with Gasteiger partial charge in [-0.1, -0.05) is 176 Å². The standard InChI is InChI=1S/C60H46N2/c1-4-12-43(13-5-1)45-20-24-47(25-21-45)49-28-35-54(36-29-49)61(53-16-8-3-9-17-53)55-37-32-51(33-38-55)52-34-41-60-58(42-52)57-18-10-11-19-59(57)62(60)56-39-30-50(31-40-56)48-26-22-46(23-27-48)44-14-6-2-7-15-44/h1-10,12-18,20-32,34-37,39-42H,11,19,33,38H2.